The van der Waals surface area contributed by atoms with E-state index in [2.05, 4.69) is 18.3 Å². The Morgan fingerprint density at radius 1 is 1.25 bits per heavy atom. The number of hydrogen-bond acceptors (Lipinski definition) is 2. The Hall–Kier alpha value is -1.15. The number of hydrogen-bond donors (Lipinski definition) is 1. The molecule has 1 heterocycles. The van der Waals surface area contributed by atoms with Crippen LogP contribution < -0.4 is 5.32 Å². The average molecular weight is 240 g/mol. The first-order valence-corrected chi connectivity index (χ1v) is 5.55. The van der Waals surface area contributed by atoms with Crippen LogP contribution in [0.3, 0.4) is 0 Å². The highest BCUT2D eigenvalue weighted by Crippen LogP contribution is 2.31. The van der Waals surface area contributed by atoms with Gasteiger partial charge in [-0.25, -0.2) is 0 Å². The number of aryl methyl sites for hydroxylation is 1. The summed E-state index contributed by atoms with van der Waals surface area (Å²) in [4.78, 5) is 0. The van der Waals surface area contributed by atoms with Gasteiger partial charge in [0.1, 0.15) is 11.3 Å². The molecule has 0 bridgehead atoms. The van der Waals surface area contributed by atoms with Crippen molar-refractivity contribution in [1.29, 1.82) is 0 Å². The monoisotopic (exact) mass is 239 g/mol. The van der Waals surface area contributed by atoms with Gasteiger partial charge in [0.2, 0.25) is 0 Å². The molecule has 1 aromatic carbocycles. The van der Waals surface area contributed by atoms with Gasteiger partial charge in [0.25, 0.3) is 0 Å². The second kappa shape index (κ2) is 5.80. The quantitative estimate of drug-likeness (QED) is 0.864. The Labute approximate surface area is 102 Å². The van der Waals surface area contributed by atoms with E-state index in [-0.39, 0.29) is 12.4 Å². The van der Waals surface area contributed by atoms with Crippen LogP contribution in [0.2, 0.25) is 0 Å². The van der Waals surface area contributed by atoms with Gasteiger partial charge >= 0.3 is 0 Å². The summed E-state index contributed by atoms with van der Waals surface area (Å²) in [6.45, 7) is 2.20. The number of fused-ring (bicyclic) bond motifs is 1. The summed E-state index contributed by atoms with van der Waals surface area (Å²) in [7, 11) is 1.95. The number of halogens is 1. The van der Waals surface area contributed by atoms with Gasteiger partial charge in [0.05, 0.1) is 5.69 Å². The maximum absolute atomic E-state index is 5.83. The molecule has 0 aliphatic heterocycles. The first kappa shape index (κ1) is 12.9. The van der Waals surface area contributed by atoms with E-state index in [0.29, 0.717) is 0 Å². The van der Waals surface area contributed by atoms with E-state index in [0.717, 1.165) is 23.5 Å². The van der Waals surface area contributed by atoms with Crippen LogP contribution in [0.1, 0.15) is 25.5 Å². The number of nitrogens with one attached hydrogen (secondary N) is 1. The summed E-state index contributed by atoms with van der Waals surface area (Å²) in [5.74, 6) is 1.08. The predicted molar refractivity (Wildman–Crippen MR) is 71.6 cm³/mol. The highest BCUT2D eigenvalue weighted by Gasteiger charge is 2.11. The van der Waals surface area contributed by atoms with Crippen LogP contribution in [0, 0.1) is 0 Å². The van der Waals surface area contributed by atoms with E-state index in [1.54, 1.807) is 0 Å². The van der Waals surface area contributed by atoms with Crippen molar-refractivity contribution in [3.8, 4) is 0 Å². The van der Waals surface area contributed by atoms with Gasteiger partial charge in [-0.2, -0.15) is 0 Å². The number of rotatable bonds is 4. The zero-order valence-electron chi connectivity index (χ0n) is 9.75. The number of para-hydroxylation sites is 1. The smallest absolute Gasteiger partial charge is 0.136 e. The number of furan rings is 1. The molecule has 0 aliphatic rings. The van der Waals surface area contributed by atoms with Gasteiger partial charge in [-0.05, 0) is 18.6 Å². The minimum atomic E-state index is 0. The molecule has 0 fully saturated rings. The molecule has 16 heavy (non-hydrogen) atoms. The molecule has 1 N–H and O–H groups in total. The van der Waals surface area contributed by atoms with Crippen molar-refractivity contribution < 1.29 is 4.42 Å². The third-order valence-electron chi connectivity index (χ3n) is 2.68. The minimum absolute atomic E-state index is 0. The van der Waals surface area contributed by atoms with Crippen LogP contribution >= 0.6 is 12.4 Å². The molecule has 2 rings (SSSR count). The fourth-order valence-electron chi connectivity index (χ4n) is 1.88. The molecule has 0 saturated carbocycles. The summed E-state index contributed by atoms with van der Waals surface area (Å²) in [5.41, 5.74) is 2.13. The third kappa shape index (κ3) is 2.33. The van der Waals surface area contributed by atoms with E-state index in [4.69, 9.17) is 4.42 Å². The van der Waals surface area contributed by atoms with Crippen LogP contribution in [0.4, 0.5) is 5.69 Å². The molecule has 2 nitrogen and oxygen atoms in total. The van der Waals surface area contributed by atoms with E-state index in [1.165, 1.54) is 18.2 Å². The van der Waals surface area contributed by atoms with Crippen molar-refractivity contribution in [2.75, 3.05) is 12.4 Å². The Bertz CT molecular complexity index is 450. The maximum atomic E-state index is 5.83. The summed E-state index contributed by atoms with van der Waals surface area (Å²) < 4.78 is 5.83. The van der Waals surface area contributed by atoms with Gasteiger partial charge in [-0.1, -0.05) is 25.5 Å². The topological polar surface area (TPSA) is 25.2 Å². The number of benzene rings is 1. The molecule has 0 atom stereocenters. The summed E-state index contributed by atoms with van der Waals surface area (Å²) in [5, 5.41) is 4.42. The van der Waals surface area contributed by atoms with Gasteiger partial charge < -0.3 is 9.73 Å². The van der Waals surface area contributed by atoms with Gasteiger partial charge in [-0.15, -0.1) is 12.4 Å². The van der Waals surface area contributed by atoms with Crippen molar-refractivity contribution >= 4 is 29.1 Å². The molecule has 3 heteroatoms. The maximum Gasteiger partial charge on any atom is 0.136 e. The molecule has 88 valence electrons. The number of anilines is 1. The highest BCUT2D eigenvalue weighted by molar-refractivity contribution is 5.92. The molecule has 0 spiro atoms. The standard InChI is InChI=1S/C13H17NO.ClH/c1-3-4-8-12-13(14-2)10-7-5-6-9-11(10)15-12;/h5-7,9,14H,3-4,8H2,1-2H3;1H. The van der Waals surface area contributed by atoms with E-state index in [1.807, 2.05) is 25.2 Å². The first-order chi connectivity index (χ1) is 7.36. The van der Waals surface area contributed by atoms with E-state index in [9.17, 15) is 0 Å². The highest BCUT2D eigenvalue weighted by atomic mass is 35.5. The fraction of sp³-hybridized carbons (Fsp3) is 0.385. The molecule has 0 unspecified atom stereocenters. The molecule has 0 radical (unpaired) electrons. The Morgan fingerprint density at radius 3 is 2.69 bits per heavy atom. The Morgan fingerprint density at radius 2 is 2.00 bits per heavy atom. The van der Waals surface area contributed by atoms with Crippen LogP contribution in [-0.4, -0.2) is 7.05 Å². The summed E-state index contributed by atoms with van der Waals surface area (Å²) in [6, 6.07) is 8.17. The van der Waals surface area contributed by atoms with Crippen molar-refractivity contribution in [2.45, 2.75) is 26.2 Å². The SMILES string of the molecule is CCCCc1oc2ccccc2c1NC.Cl. The minimum Gasteiger partial charge on any atom is -0.459 e. The molecule has 1 aromatic heterocycles. The second-order valence-electron chi connectivity index (χ2n) is 3.75. The van der Waals surface area contributed by atoms with Crippen LogP contribution in [0.15, 0.2) is 28.7 Å². The molecule has 2 aromatic rings. The van der Waals surface area contributed by atoms with E-state index >= 15 is 0 Å². The Balaban J connectivity index is 0.00000128. The lowest BCUT2D eigenvalue weighted by Crippen LogP contribution is -1.91. The van der Waals surface area contributed by atoms with Crippen molar-refractivity contribution in [3.05, 3.63) is 30.0 Å². The van der Waals surface area contributed by atoms with E-state index < -0.39 is 0 Å². The molecule has 0 saturated heterocycles. The summed E-state index contributed by atoms with van der Waals surface area (Å²) in [6.07, 6.45) is 3.38. The van der Waals surface area contributed by atoms with Crippen molar-refractivity contribution in [3.63, 3.8) is 0 Å². The number of unbranched alkanes of at least 4 members (excludes halogenated alkanes) is 1. The van der Waals surface area contributed by atoms with Gasteiger partial charge in [-0.3, -0.25) is 0 Å². The second-order valence-corrected chi connectivity index (χ2v) is 3.75. The van der Waals surface area contributed by atoms with Crippen LogP contribution in [0.25, 0.3) is 11.0 Å². The lowest BCUT2D eigenvalue weighted by Gasteiger charge is -2.00. The van der Waals surface area contributed by atoms with Gasteiger partial charge in [0.15, 0.2) is 0 Å². The largest absolute Gasteiger partial charge is 0.459 e. The van der Waals surface area contributed by atoms with Crippen LogP contribution in [0.5, 0.6) is 0 Å². The Kier molecular flexibility index (Phi) is 4.69. The summed E-state index contributed by atoms with van der Waals surface area (Å²) >= 11 is 0. The first-order valence-electron chi connectivity index (χ1n) is 5.55. The van der Waals surface area contributed by atoms with Crippen molar-refractivity contribution in [1.82, 2.24) is 0 Å². The fourth-order valence-corrected chi connectivity index (χ4v) is 1.88. The molecule has 0 amide bonds. The molecule has 0 aliphatic carbocycles. The lowest BCUT2D eigenvalue weighted by molar-refractivity contribution is 0.538. The molecular formula is C13H18ClNO. The predicted octanol–water partition coefficient (Wildman–Crippen LogP) is 4.24. The lowest BCUT2D eigenvalue weighted by atomic mass is 10.1. The van der Waals surface area contributed by atoms with Crippen LogP contribution in [-0.2, 0) is 6.42 Å². The van der Waals surface area contributed by atoms with Crippen molar-refractivity contribution in [2.24, 2.45) is 0 Å². The average Bonchev–Trinajstić information content (AvgIpc) is 2.63. The van der Waals surface area contributed by atoms with Gasteiger partial charge in [0, 0.05) is 18.9 Å². The third-order valence-corrected chi connectivity index (χ3v) is 2.68. The molecular weight excluding hydrogens is 222 g/mol. The zero-order chi connectivity index (χ0) is 10.7. The normalized spacial score (nSPS) is 10.1. The zero-order valence-corrected chi connectivity index (χ0v) is 10.6.